The van der Waals surface area contributed by atoms with E-state index in [1.165, 1.54) is 55.4 Å². The Hall–Kier alpha value is -5.16. The van der Waals surface area contributed by atoms with Crippen molar-refractivity contribution in [3.63, 3.8) is 0 Å². The minimum atomic E-state index is 0.311. The van der Waals surface area contributed by atoms with Gasteiger partial charge in [-0.05, 0) is 129 Å². The van der Waals surface area contributed by atoms with Crippen LogP contribution in [0.3, 0.4) is 0 Å². The number of aromatic nitrogens is 4. The molecule has 0 unspecified atom stereocenters. The average molecular weight is 675 g/mol. The van der Waals surface area contributed by atoms with Crippen LogP contribution >= 0.6 is 0 Å². The fraction of sp³-hybridized carbons (Fsp3) is 0.304. The molecule has 0 amide bonds. The monoisotopic (exact) mass is 674 g/mol. The zero-order chi connectivity index (χ0) is 36.0. The van der Waals surface area contributed by atoms with Crippen LogP contribution in [0.2, 0.25) is 0 Å². The molecule has 0 radical (unpaired) electrons. The summed E-state index contributed by atoms with van der Waals surface area (Å²) < 4.78 is 11.3. The summed E-state index contributed by atoms with van der Waals surface area (Å²) in [6.45, 7) is 20.1. The van der Waals surface area contributed by atoms with Gasteiger partial charge in [-0.25, -0.2) is 9.67 Å². The van der Waals surface area contributed by atoms with Crippen LogP contribution in [0, 0.1) is 33.6 Å². The highest BCUT2D eigenvalue weighted by Crippen LogP contribution is 2.39. The van der Waals surface area contributed by atoms with E-state index in [0.29, 0.717) is 11.8 Å². The number of aryl methyl sites for hydroxylation is 5. The molecule has 0 spiro atoms. The molecule has 0 saturated heterocycles. The Kier molecular flexibility index (Phi) is 9.32. The third-order valence-electron chi connectivity index (χ3n) is 10.2. The van der Waals surface area contributed by atoms with Gasteiger partial charge < -0.3 is 4.74 Å². The Morgan fingerprint density at radius 1 is 0.725 bits per heavy atom. The lowest BCUT2D eigenvalue weighted by molar-refractivity contribution is 0.481. The number of hydrogen-bond acceptors (Lipinski definition) is 3. The Bertz CT molecular complexity index is 2370. The standard InChI is InChI=1S/C46H50N4O/c1-10-34-19-20-47-44(23-34)49-41-14-12-11-13-39(41)40-17-16-37(27-43(40)49)51-38-25-35(29(4)5)24-36(26-38)50-42(18-15-28(2)3)46(33(9)48-50)45-31(7)21-30(6)22-32(45)8/h11-14,16-17,19-29H,10,15,18H2,1-9H3. The van der Waals surface area contributed by atoms with Crippen molar-refractivity contribution < 1.29 is 4.74 Å². The van der Waals surface area contributed by atoms with Gasteiger partial charge in [-0.1, -0.05) is 70.5 Å². The number of rotatable bonds is 10. The number of fused-ring (bicyclic) bond motifs is 3. The van der Waals surface area contributed by atoms with E-state index >= 15 is 0 Å². The zero-order valence-corrected chi connectivity index (χ0v) is 31.6. The van der Waals surface area contributed by atoms with Crippen LogP contribution in [0.15, 0.2) is 91.1 Å². The van der Waals surface area contributed by atoms with Crippen molar-refractivity contribution >= 4 is 21.8 Å². The van der Waals surface area contributed by atoms with Crippen LogP contribution in [-0.4, -0.2) is 19.3 Å². The summed E-state index contributed by atoms with van der Waals surface area (Å²) in [4.78, 5) is 4.81. The molecule has 5 heteroatoms. The number of nitrogens with zero attached hydrogens (tertiary/aromatic N) is 4. The minimum absolute atomic E-state index is 0.311. The minimum Gasteiger partial charge on any atom is -0.457 e. The van der Waals surface area contributed by atoms with Gasteiger partial charge in [0.25, 0.3) is 0 Å². The van der Waals surface area contributed by atoms with Gasteiger partial charge in [0, 0.05) is 34.7 Å². The molecule has 0 N–H and O–H groups in total. The molecule has 3 aromatic heterocycles. The molecule has 7 rings (SSSR count). The molecule has 0 aliphatic rings. The summed E-state index contributed by atoms with van der Waals surface area (Å²) in [6.07, 6.45) is 4.89. The van der Waals surface area contributed by atoms with E-state index in [1.807, 2.05) is 6.20 Å². The first-order valence-electron chi connectivity index (χ1n) is 18.5. The molecule has 260 valence electrons. The predicted octanol–water partition coefficient (Wildman–Crippen LogP) is 12.3. The molecule has 0 fully saturated rings. The number of ether oxygens (including phenoxy) is 1. The first-order valence-corrected chi connectivity index (χ1v) is 18.5. The van der Waals surface area contributed by atoms with Crippen molar-refractivity contribution in [1.82, 2.24) is 19.3 Å². The summed E-state index contributed by atoms with van der Waals surface area (Å²) in [5, 5.41) is 7.64. The molecule has 51 heavy (non-hydrogen) atoms. The second-order valence-electron chi connectivity index (χ2n) is 14.9. The highest BCUT2D eigenvalue weighted by Gasteiger charge is 2.23. The third kappa shape index (κ3) is 6.58. The Morgan fingerprint density at radius 3 is 2.20 bits per heavy atom. The summed E-state index contributed by atoms with van der Waals surface area (Å²) in [7, 11) is 0. The van der Waals surface area contributed by atoms with Crippen molar-refractivity contribution in [2.24, 2.45) is 5.92 Å². The second kappa shape index (κ2) is 13.9. The number of para-hydroxylation sites is 1. The molecule has 7 aromatic rings. The van der Waals surface area contributed by atoms with Gasteiger partial charge in [-0.3, -0.25) is 4.57 Å². The number of benzene rings is 4. The lowest BCUT2D eigenvalue weighted by Crippen LogP contribution is -2.06. The molecule has 0 saturated carbocycles. The molecule has 5 nitrogen and oxygen atoms in total. The van der Waals surface area contributed by atoms with Gasteiger partial charge in [0.1, 0.15) is 17.3 Å². The number of pyridine rings is 1. The smallest absolute Gasteiger partial charge is 0.137 e. The molecule has 0 atom stereocenters. The lowest BCUT2D eigenvalue weighted by atomic mass is 9.90. The average Bonchev–Trinajstić information content (AvgIpc) is 3.60. The first kappa shape index (κ1) is 34.3. The van der Waals surface area contributed by atoms with Crippen molar-refractivity contribution in [2.75, 3.05) is 0 Å². The second-order valence-corrected chi connectivity index (χ2v) is 14.9. The SMILES string of the molecule is CCc1ccnc(-n2c3ccccc3c3ccc(Oc4cc(C(C)C)cc(-n5nc(C)c(-c6c(C)cc(C)cc6C)c5CCC(C)C)c4)cc32)c1. The largest absolute Gasteiger partial charge is 0.457 e. The molecular weight excluding hydrogens is 625 g/mol. The Labute approximate surface area is 302 Å². The van der Waals surface area contributed by atoms with Crippen LogP contribution in [0.25, 0.3) is 44.4 Å². The highest BCUT2D eigenvalue weighted by molar-refractivity contribution is 6.09. The topological polar surface area (TPSA) is 44.9 Å². The maximum Gasteiger partial charge on any atom is 0.137 e. The zero-order valence-electron chi connectivity index (χ0n) is 31.6. The van der Waals surface area contributed by atoms with Crippen molar-refractivity contribution in [3.05, 3.63) is 130 Å². The summed E-state index contributed by atoms with van der Waals surface area (Å²) in [5.74, 6) is 3.39. The van der Waals surface area contributed by atoms with E-state index in [9.17, 15) is 0 Å². The molecule has 0 aliphatic heterocycles. The van der Waals surface area contributed by atoms with E-state index in [2.05, 4.69) is 156 Å². The summed E-state index contributed by atoms with van der Waals surface area (Å²) >= 11 is 0. The van der Waals surface area contributed by atoms with Gasteiger partial charge in [0.05, 0.1) is 28.1 Å². The lowest BCUT2D eigenvalue weighted by Gasteiger charge is -2.17. The van der Waals surface area contributed by atoms with Crippen LogP contribution in [0.4, 0.5) is 0 Å². The quantitative estimate of drug-likeness (QED) is 0.145. The van der Waals surface area contributed by atoms with Crippen molar-refractivity contribution in [3.8, 4) is 34.1 Å². The van der Waals surface area contributed by atoms with Gasteiger partial charge in [-0.15, -0.1) is 0 Å². The van der Waals surface area contributed by atoms with Gasteiger partial charge in [0.15, 0.2) is 0 Å². The van der Waals surface area contributed by atoms with Gasteiger partial charge in [-0.2, -0.15) is 5.10 Å². The van der Waals surface area contributed by atoms with E-state index < -0.39 is 0 Å². The maximum atomic E-state index is 6.81. The molecule has 3 heterocycles. The summed E-state index contributed by atoms with van der Waals surface area (Å²) in [6, 6.07) is 30.5. The fourth-order valence-electron chi connectivity index (χ4n) is 7.66. The van der Waals surface area contributed by atoms with Gasteiger partial charge >= 0.3 is 0 Å². The molecule has 0 aliphatic carbocycles. The van der Waals surface area contributed by atoms with E-state index in [4.69, 9.17) is 14.8 Å². The predicted molar refractivity (Wildman–Crippen MR) is 213 cm³/mol. The Morgan fingerprint density at radius 2 is 1.47 bits per heavy atom. The normalized spacial score (nSPS) is 11.8. The summed E-state index contributed by atoms with van der Waals surface area (Å²) in [5.41, 5.74) is 14.5. The first-order chi connectivity index (χ1) is 24.5. The van der Waals surface area contributed by atoms with Crippen LogP contribution in [0.5, 0.6) is 11.5 Å². The van der Waals surface area contributed by atoms with Crippen LogP contribution in [-0.2, 0) is 12.8 Å². The van der Waals surface area contributed by atoms with E-state index in [-0.39, 0.29) is 0 Å². The highest BCUT2D eigenvalue weighted by atomic mass is 16.5. The number of hydrogen-bond donors (Lipinski definition) is 0. The fourth-order valence-corrected chi connectivity index (χ4v) is 7.66. The molecule has 4 aromatic carbocycles. The van der Waals surface area contributed by atoms with Crippen LogP contribution < -0.4 is 4.74 Å². The van der Waals surface area contributed by atoms with E-state index in [0.717, 1.165) is 59.0 Å². The third-order valence-corrected chi connectivity index (χ3v) is 10.2. The van der Waals surface area contributed by atoms with E-state index in [1.54, 1.807) is 0 Å². The van der Waals surface area contributed by atoms with Crippen molar-refractivity contribution in [2.45, 2.75) is 87.5 Å². The molecule has 0 bridgehead atoms. The molecular formula is C46H50N4O. The Balaban J connectivity index is 1.36. The van der Waals surface area contributed by atoms with Gasteiger partial charge in [0.2, 0.25) is 0 Å². The van der Waals surface area contributed by atoms with Crippen molar-refractivity contribution in [1.29, 1.82) is 0 Å². The van der Waals surface area contributed by atoms with Crippen LogP contribution in [0.1, 0.15) is 86.2 Å². The maximum absolute atomic E-state index is 6.81.